The maximum atomic E-state index is 15.0. The van der Waals surface area contributed by atoms with Gasteiger partial charge in [0.1, 0.15) is 21.2 Å². The van der Waals surface area contributed by atoms with Gasteiger partial charge in [-0.1, -0.05) is 38.1 Å². The highest BCUT2D eigenvalue weighted by atomic mass is 32.2. The Kier molecular flexibility index (Phi) is 10.0. The number of hydrogen-bond donors (Lipinski definition) is 1. The first-order valence-electron chi connectivity index (χ1n) is 19.4. The van der Waals surface area contributed by atoms with Gasteiger partial charge in [0.05, 0.1) is 37.4 Å². The first-order chi connectivity index (χ1) is 26.0. The molecule has 54 heavy (non-hydrogen) atoms. The van der Waals surface area contributed by atoms with Crippen LogP contribution in [0.1, 0.15) is 77.8 Å². The summed E-state index contributed by atoms with van der Waals surface area (Å²) in [6.45, 7) is 6.84. The number of hydrogen-bond acceptors (Lipinski definition) is 9. The van der Waals surface area contributed by atoms with Crippen molar-refractivity contribution in [1.82, 2.24) is 14.5 Å². The summed E-state index contributed by atoms with van der Waals surface area (Å²) in [5.41, 5.74) is 3.73. The number of ether oxygens (including phenoxy) is 4. The number of aromatic nitrogens is 2. The van der Waals surface area contributed by atoms with Crippen molar-refractivity contribution >= 4 is 27.4 Å². The van der Waals surface area contributed by atoms with Crippen molar-refractivity contribution in [1.29, 1.82) is 0 Å². The monoisotopic (exact) mass is 759 g/mol. The fourth-order valence-corrected chi connectivity index (χ4v) is 11.9. The molecule has 13 heteroatoms. The predicted octanol–water partition coefficient (Wildman–Crippen LogP) is 5.59. The second kappa shape index (κ2) is 14.6. The van der Waals surface area contributed by atoms with Crippen LogP contribution in [-0.2, 0) is 38.3 Å². The Morgan fingerprint density at radius 2 is 1.93 bits per heavy atom. The van der Waals surface area contributed by atoms with Gasteiger partial charge < -0.3 is 23.8 Å². The molecule has 290 valence electrons. The molecule has 2 fully saturated rings. The number of carbonyl (C=O) groups is 2. The number of carbonyl (C=O) groups excluding carboxylic acids is 2. The fraction of sp³-hybridized carbons (Fsp3) is 0.585. The number of benzene rings is 2. The van der Waals surface area contributed by atoms with E-state index in [1.54, 1.807) is 13.1 Å². The molecule has 1 saturated carbocycles. The van der Waals surface area contributed by atoms with Crippen molar-refractivity contribution in [3.8, 4) is 11.6 Å². The van der Waals surface area contributed by atoms with Crippen LogP contribution in [0.2, 0.25) is 0 Å². The Hall–Kier alpha value is -3.94. The highest BCUT2D eigenvalue weighted by Crippen LogP contribution is 2.48. The lowest BCUT2D eigenvalue weighted by Crippen LogP contribution is -2.50. The molecule has 3 aromatic rings. The standard InChI is InChI=1S/C41H53N5O7S/c1-25-21-52-37-26(2)22-54(49,44-39(48)32-20-45(3)42-40(32)51-5)43-38(47)28-13-15-35-34(17-28)46(19-29-12-14-30(29)36(50-4)18-31(25)37)23-41(24-53-35)16-8-10-27-9-6-7-11-33(27)41/h6-7,9,11,13,15,17,20,25-26,29-31,36-37H,8,10,12,14,16,18-19,21-24H2,1-5H3,(H,43,44,47,48,49)/t25-,26-,29+,30-,31+,36+,37-,41+,54?/m1/s1. The van der Waals surface area contributed by atoms with E-state index in [1.165, 1.54) is 29.1 Å². The molecule has 12 nitrogen and oxygen atoms in total. The van der Waals surface area contributed by atoms with E-state index < -0.39 is 21.7 Å². The van der Waals surface area contributed by atoms with E-state index in [-0.39, 0.29) is 58.1 Å². The number of nitrogens with zero attached hydrogens (tertiary/aromatic N) is 4. The molecule has 2 aliphatic carbocycles. The molecule has 1 unspecified atom stereocenters. The predicted molar refractivity (Wildman–Crippen MR) is 205 cm³/mol. The van der Waals surface area contributed by atoms with Gasteiger partial charge in [-0.25, -0.2) is 4.21 Å². The van der Waals surface area contributed by atoms with Gasteiger partial charge >= 0.3 is 0 Å². The lowest BCUT2D eigenvalue weighted by molar-refractivity contribution is -0.0419. The van der Waals surface area contributed by atoms with Gasteiger partial charge in [-0.3, -0.25) is 19.0 Å². The summed E-state index contributed by atoms with van der Waals surface area (Å²) in [7, 11) is 1.23. The van der Waals surface area contributed by atoms with Crippen LogP contribution in [0, 0.1) is 29.6 Å². The average molecular weight is 760 g/mol. The molecule has 8 rings (SSSR count). The van der Waals surface area contributed by atoms with E-state index in [0.717, 1.165) is 63.1 Å². The molecule has 5 aliphatic rings. The molecular formula is C41H53N5O7S. The summed E-state index contributed by atoms with van der Waals surface area (Å²) >= 11 is 0. The van der Waals surface area contributed by atoms with Gasteiger partial charge in [0, 0.05) is 51.0 Å². The van der Waals surface area contributed by atoms with Gasteiger partial charge in [0.15, 0.2) is 0 Å². The number of methoxy groups -OCH3 is 2. The Morgan fingerprint density at radius 1 is 1.09 bits per heavy atom. The van der Waals surface area contributed by atoms with E-state index in [4.69, 9.17) is 18.9 Å². The molecule has 1 saturated heterocycles. The zero-order valence-corrected chi connectivity index (χ0v) is 32.8. The Labute approximate surface area is 318 Å². The summed E-state index contributed by atoms with van der Waals surface area (Å²) in [6, 6.07) is 14.1. The highest BCUT2D eigenvalue weighted by molar-refractivity contribution is 7.92. The summed E-state index contributed by atoms with van der Waals surface area (Å²) in [5.74, 6) is 0.248. The number of nitrogens with one attached hydrogen (secondary N) is 1. The van der Waals surface area contributed by atoms with Crippen LogP contribution in [0.5, 0.6) is 11.6 Å². The van der Waals surface area contributed by atoms with Gasteiger partial charge in [-0.2, -0.15) is 0 Å². The first kappa shape index (κ1) is 37.0. The quantitative estimate of drug-likeness (QED) is 0.362. The maximum absolute atomic E-state index is 15.0. The van der Waals surface area contributed by atoms with Gasteiger partial charge in [-0.05, 0) is 97.4 Å². The van der Waals surface area contributed by atoms with Crippen molar-refractivity contribution in [3.05, 3.63) is 70.9 Å². The van der Waals surface area contributed by atoms with Crippen molar-refractivity contribution in [3.63, 3.8) is 0 Å². The average Bonchev–Trinajstić information content (AvgIpc) is 3.67. The summed E-state index contributed by atoms with van der Waals surface area (Å²) in [4.78, 5) is 30.4. The van der Waals surface area contributed by atoms with E-state index >= 15 is 0 Å². The molecule has 1 spiro atoms. The van der Waals surface area contributed by atoms with Crippen molar-refractivity contribution in [2.75, 3.05) is 51.2 Å². The highest BCUT2D eigenvalue weighted by Gasteiger charge is 2.47. The lowest BCUT2D eigenvalue weighted by atomic mass is 9.67. The van der Waals surface area contributed by atoms with Gasteiger partial charge in [-0.15, -0.1) is 9.46 Å². The number of amides is 2. The van der Waals surface area contributed by atoms with Crippen LogP contribution < -0.4 is 19.1 Å². The Balaban J connectivity index is 1.23. The van der Waals surface area contributed by atoms with Crippen molar-refractivity contribution < 1.29 is 32.7 Å². The number of fused-ring (bicyclic) bond motifs is 5. The number of anilines is 1. The van der Waals surface area contributed by atoms with Crippen molar-refractivity contribution in [2.24, 2.45) is 41.0 Å². The summed E-state index contributed by atoms with van der Waals surface area (Å²) < 4.78 is 48.3. The Morgan fingerprint density at radius 3 is 2.70 bits per heavy atom. The first-order valence-corrected chi connectivity index (χ1v) is 21.1. The molecule has 1 aromatic heterocycles. The molecule has 0 radical (unpaired) electrons. The Bertz CT molecular complexity index is 2040. The zero-order chi connectivity index (χ0) is 37.8. The van der Waals surface area contributed by atoms with Crippen molar-refractivity contribution in [2.45, 2.75) is 70.0 Å². The van der Waals surface area contributed by atoms with Crippen LogP contribution in [0.4, 0.5) is 5.69 Å². The van der Waals surface area contributed by atoms with Gasteiger partial charge in [0.2, 0.25) is 5.88 Å². The van der Waals surface area contributed by atoms with E-state index in [9.17, 15) is 13.8 Å². The summed E-state index contributed by atoms with van der Waals surface area (Å²) in [6.07, 6.45) is 7.42. The molecular weight excluding hydrogens is 707 g/mol. The van der Waals surface area contributed by atoms with Crippen LogP contribution in [0.3, 0.4) is 0 Å². The van der Waals surface area contributed by atoms with E-state index in [0.29, 0.717) is 25.0 Å². The van der Waals surface area contributed by atoms with Crippen LogP contribution in [0.15, 0.2) is 53.0 Å². The van der Waals surface area contributed by atoms with E-state index in [2.05, 4.69) is 50.3 Å². The smallest absolute Gasteiger partial charge is 0.286 e. The minimum absolute atomic E-state index is 0.0345. The second-order valence-electron chi connectivity index (χ2n) is 16.4. The molecule has 9 atom stereocenters. The van der Waals surface area contributed by atoms with Crippen LogP contribution in [-0.4, -0.2) is 84.3 Å². The second-order valence-corrected chi connectivity index (χ2v) is 18.4. The fourth-order valence-electron chi connectivity index (χ4n) is 10.0. The molecule has 2 amide bonds. The topological polar surface area (TPSA) is 134 Å². The molecule has 1 N–H and O–H groups in total. The third-order valence-electron chi connectivity index (χ3n) is 12.9. The van der Waals surface area contributed by atoms with Crippen LogP contribution >= 0.6 is 0 Å². The lowest BCUT2D eigenvalue weighted by Gasteiger charge is -2.47. The summed E-state index contributed by atoms with van der Waals surface area (Å²) in [5, 5.41) is 4.19. The molecule has 2 bridgehead atoms. The largest absolute Gasteiger partial charge is 0.490 e. The third kappa shape index (κ3) is 6.81. The number of aryl methyl sites for hydroxylation is 2. The third-order valence-corrected chi connectivity index (χ3v) is 14.9. The SMILES string of the molecule is COc1nn(C)cc1C(=O)NS1(=O)=NC(=O)c2ccc3c(c2)N(C[C@@H]2CC[C@H]2[C@@H](OC)C[C@@H]2[C@H](OC[C@H]2C)[C@H](C)C1)C[C@@]1(CCCc2ccccc21)CO3. The molecule has 2 aromatic carbocycles. The van der Waals surface area contributed by atoms with Gasteiger partial charge in [0.25, 0.3) is 11.8 Å². The minimum atomic E-state index is -3.68. The van der Waals surface area contributed by atoms with Crippen LogP contribution in [0.25, 0.3) is 0 Å². The minimum Gasteiger partial charge on any atom is -0.490 e. The van der Waals surface area contributed by atoms with E-state index in [1.807, 2.05) is 26.2 Å². The molecule has 4 heterocycles. The maximum Gasteiger partial charge on any atom is 0.286 e. The number of rotatable bonds is 4. The normalized spacial score (nSPS) is 33.6. The zero-order valence-electron chi connectivity index (χ0n) is 32.0. The molecule has 3 aliphatic heterocycles.